The molecule has 3 rings (SSSR count). The molecule has 1 amide bonds. The third-order valence-electron chi connectivity index (χ3n) is 5.08. The van der Waals surface area contributed by atoms with Crippen molar-refractivity contribution in [1.82, 2.24) is 0 Å². The fraction of sp³-hybridized carbons (Fsp3) is 0.364. The third kappa shape index (κ3) is 4.85. The Morgan fingerprint density at radius 2 is 1.69 bits per heavy atom. The Balaban J connectivity index is 1.78. The molecule has 0 aliphatic carbocycles. The van der Waals surface area contributed by atoms with Gasteiger partial charge in [-0.15, -0.1) is 0 Å². The number of benzene rings is 2. The molecule has 2 aromatic rings. The fourth-order valence-electron chi connectivity index (χ4n) is 3.90. The van der Waals surface area contributed by atoms with Gasteiger partial charge in [-0.2, -0.15) is 0 Å². The van der Waals surface area contributed by atoms with Gasteiger partial charge in [0, 0.05) is 5.69 Å². The number of amides is 1. The average molecular weight is 416 g/mol. The zero-order valence-electron chi connectivity index (χ0n) is 16.8. The Morgan fingerprint density at radius 3 is 2.24 bits per heavy atom. The summed E-state index contributed by atoms with van der Waals surface area (Å²) < 4.78 is 29.2. The van der Waals surface area contributed by atoms with Crippen molar-refractivity contribution in [2.45, 2.75) is 33.2 Å². The van der Waals surface area contributed by atoms with Crippen LogP contribution >= 0.6 is 0 Å². The SMILES string of the molecule is Cc1cc(C)c(C(=O)OCC(=O)N(c2ccccc2)C2CCS(=O)(=O)C2)c(C)c1. The van der Waals surface area contributed by atoms with Crippen LogP contribution in [-0.2, 0) is 19.4 Å². The van der Waals surface area contributed by atoms with Gasteiger partial charge in [-0.1, -0.05) is 35.9 Å². The lowest BCUT2D eigenvalue weighted by atomic mass is 10.00. The van der Waals surface area contributed by atoms with Gasteiger partial charge in [0.2, 0.25) is 0 Å². The number of rotatable bonds is 5. The van der Waals surface area contributed by atoms with Crippen LogP contribution in [0.15, 0.2) is 42.5 Å². The van der Waals surface area contributed by atoms with Gasteiger partial charge < -0.3 is 9.64 Å². The first-order chi connectivity index (χ1) is 13.7. The number of aryl methyl sites for hydroxylation is 3. The number of anilines is 1. The first-order valence-corrected chi connectivity index (χ1v) is 11.3. The Bertz CT molecular complexity index is 1010. The molecule has 0 saturated carbocycles. The maximum Gasteiger partial charge on any atom is 0.339 e. The highest BCUT2D eigenvalue weighted by Crippen LogP contribution is 2.25. The molecule has 6 nitrogen and oxygen atoms in total. The van der Waals surface area contributed by atoms with Crippen LogP contribution in [0.2, 0.25) is 0 Å². The molecule has 1 aliphatic rings. The van der Waals surface area contributed by atoms with Crippen molar-refractivity contribution < 1.29 is 22.7 Å². The maximum atomic E-state index is 13.0. The van der Waals surface area contributed by atoms with Crippen LogP contribution in [0.5, 0.6) is 0 Å². The van der Waals surface area contributed by atoms with E-state index >= 15 is 0 Å². The summed E-state index contributed by atoms with van der Waals surface area (Å²) in [7, 11) is -3.17. The van der Waals surface area contributed by atoms with E-state index in [0.717, 1.165) is 16.7 Å². The predicted octanol–water partition coefficient (Wildman–Crippen LogP) is 2.99. The predicted molar refractivity (Wildman–Crippen MR) is 112 cm³/mol. The highest BCUT2D eigenvalue weighted by molar-refractivity contribution is 7.91. The number of sulfone groups is 1. The molecule has 0 N–H and O–H groups in total. The van der Waals surface area contributed by atoms with E-state index in [1.807, 2.05) is 39.0 Å². The average Bonchev–Trinajstić information content (AvgIpc) is 2.99. The summed E-state index contributed by atoms with van der Waals surface area (Å²) in [6.07, 6.45) is 0.368. The maximum absolute atomic E-state index is 13.0. The van der Waals surface area contributed by atoms with Gasteiger partial charge in [0.1, 0.15) is 0 Å². The van der Waals surface area contributed by atoms with Gasteiger partial charge in [-0.25, -0.2) is 13.2 Å². The highest BCUT2D eigenvalue weighted by Gasteiger charge is 2.35. The number of esters is 1. The number of carbonyl (C=O) groups is 2. The molecule has 1 unspecified atom stereocenters. The van der Waals surface area contributed by atoms with E-state index in [4.69, 9.17) is 4.74 Å². The lowest BCUT2D eigenvalue weighted by Gasteiger charge is -2.28. The second-order valence-electron chi connectivity index (χ2n) is 7.51. The molecule has 1 fully saturated rings. The number of carbonyl (C=O) groups excluding carboxylic acids is 2. The molecular formula is C22H25NO5S. The van der Waals surface area contributed by atoms with Gasteiger partial charge in [-0.05, 0) is 50.5 Å². The number of hydrogen-bond acceptors (Lipinski definition) is 5. The van der Waals surface area contributed by atoms with E-state index < -0.39 is 34.4 Å². The number of ether oxygens (including phenoxy) is 1. The van der Waals surface area contributed by atoms with E-state index in [-0.39, 0.29) is 11.5 Å². The van der Waals surface area contributed by atoms with Crippen molar-refractivity contribution in [3.05, 3.63) is 64.7 Å². The van der Waals surface area contributed by atoms with E-state index in [1.54, 1.807) is 24.3 Å². The summed E-state index contributed by atoms with van der Waals surface area (Å²) in [6, 6.07) is 12.2. The lowest BCUT2D eigenvalue weighted by Crippen LogP contribution is -2.43. The monoisotopic (exact) mass is 415 g/mol. The van der Waals surface area contributed by atoms with E-state index in [9.17, 15) is 18.0 Å². The second-order valence-corrected chi connectivity index (χ2v) is 9.73. The van der Waals surface area contributed by atoms with Gasteiger partial charge in [0.15, 0.2) is 16.4 Å². The lowest BCUT2D eigenvalue weighted by molar-refractivity contribution is -0.122. The molecule has 1 atom stereocenters. The van der Waals surface area contributed by atoms with E-state index in [2.05, 4.69) is 0 Å². The zero-order chi connectivity index (χ0) is 21.2. The zero-order valence-corrected chi connectivity index (χ0v) is 17.7. The molecule has 1 saturated heterocycles. The van der Waals surface area contributed by atoms with Crippen molar-refractivity contribution in [2.24, 2.45) is 0 Å². The van der Waals surface area contributed by atoms with Gasteiger partial charge in [0.25, 0.3) is 5.91 Å². The van der Waals surface area contributed by atoms with E-state index in [1.165, 1.54) is 4.90 Å². The molecule has 154 valence electrons. The number of para-hydroxylation sites is 1. The van der Waals surface area contributed by atoms with Gasteiger partial charge in [0.05, 0.1) is 23.1 Å². The molecule has 0 radical (unpaired) electrons. The molecular weight excluding hydrogens is 390 g/mol. The summed E-state index contributed by atoms with van der Waals surface area (Å²) in [6.45, 7) is 5.17. The van der Waals surface area contributed by atoms with Crippen LogP contribution in [0.3, 0.4) is 0 Å². The van der Waals surface area contributed by atoms with Crippen LogP contribution in [0.1, 0.15) is 33.5 Å². The number of hydrogen-bond donors (Lipinski definition) is 0. The van der Waals surface area contributed by atoms with Crippen molar-refractivity contribution in [2.75, 3.05) is 23.0 Å². The van der Waals surface area contributed by atoms with E-state index in [0.29, 0.717) is 17.7 Å². The molecule has 1 aliphatic heterocycles. The Kier molecular flexibility index (Phi) is 6.07. The first kappa shape index (κ1) is 21.0. The fourth-order valence-corrected chi connectivity index (χ4v) is 5.60. The second kappa shape index (κ2) is 8.37. The minimum atomic E-state index is -3.17. The minimum absolute atomic E-state index is 0.0514. The van der Waals surface area contributed by atoms with Crippen LogP contribution in [0.4, 0.5) is 5.69 Å². The van der Waals surface area contributed by atoms with Crippen LogP contribution in [0, 0.1) is 20.8 Å². The Hall–Kier alpha value is -2.67. The highest BCUT2D eigenvalue weighted by atomic mass is 32.2. The topological polar surface area (TPSA) is 80.8 Å². The molecule has 0 spiro atoms. The van der Waals surface area contributed by atoms with Crippen molar-refractivity contribution in [3.8, 4) is 0 Å². The molecule has 2 aromatic carbocycles. The van der Waals surface area contributed by atoms with Crippen molar-refractivity contribution in [3.63, 3.8) is 0 Å². The minimum Gasteiger partial charge on any atom is -0.452 e. The summed E-state index contributed by atoms with van der Waals surface area (Å²) in [5.41, 5.74) is 3.69. The standard InChI is InChI=1S/C22H25NO5S/c1-15-11-16(2)21(17(3)12-15)22(25)28-13-20(24)23(18-7-5-4-6-8-18)19-9-10-29(26,27)14-19/h4-8,11-12,19H,9-10,13-14H2,1-3H3. The smallest absolute Gasteiger partial charge is 0.339 e. The summed E-state index contributed by atoms with van der Waals surface area (Å²) in [5, 5.41) is 0. The Morgan fingerprint density at radius 1 is 1.07 bits per heavy atom. The van der Waals surface area contributed by atoms with Crippen molar-refractivity contribution in [1.29, 1.82) is 0 Å². The summed E-state index contributed by atoms with van der Waals surface area (Å²) >= 11 is 0. The molecule has 29 heavy (non-hydrogen) atoms. The van der Waals surface area contributed by atoms with Gasteiger partial charge in [-0.3, -0.25) is 4.79 Å². The quantitative estimate of drug-likeness (QED) is 0.702. The van der Waals surface area contributed by atoms with Crippen LogP contribution in [-0.4, -0.2) is 44.4 Å². The molecule has 0 aromatic heterocycles. The van der Waals surface area contributed by atoms with Crippen LogP contribution < -0.4 is 4.90 Å². The number of nitrogens with zero attached hydrogens (tertiary/aromatic N) is 1. The third-order valence-corrected chi connectivity index (χ3v) is 6.83. The molecule has 1 heterocycles. The van der Waals surface area contributed by atoms with Gasteiger partial charge >= 0.3 is 5.97 Å². The Labute approximate surface area is 171 Å². The largest absolute Gasteiger partial charge is 0.452 e. The first-order valence-electron chi connectivity index (χ1n) is 9.50. The normalized spacial score (nSPS) is 17.7. The summed E-state index contributed by atoms with van der Waals surface area (Å²) in [4.78, 5) is 27.0. The molecule has 0 bridgehead atoms. The van der Waals surface area contributed by atoms with Crippen LogP contribution in [0.25, 0.3) is 0 Å². The molecule has 7 heteroatoms. The summed E-state index contributed by atoms with van der Waals surface area (Å²) in [5.74, 6) is -1.03. The van der Waals surface area contributed by atoms with Crippen molar-refractivity contribution >= 4 is 27.4 Å².